The van der Waals surface area contributed by atoms with Crippen LogP contribution in [0.1, 0.15) is 11.1 Å². The van der Waals surface area contributed by atoms with Gasteiger partial charge in [0.05, 0.1) is 10.6 Å². The number of nitrogens with zero attached hydrogens (tertiary/aromatic N) is 5. The van der Waals surface area contributed by atoms with Crippen LogP contribution in [0.3, 0.4) is 0 Å². The van der Waals surface area contributed by atoms with E-state index in [-0.39, 0.29) is 11.5 Å². The summed E-state index contributed by atoms with van der Waals surface area (Å²) in [6.45, 7) is 3.38. The van der Waals surface area contributed by atoms with E-state index in [1.807, 2.05) is 6.92 Å². The zero-order valence-electron chi connectivity index (χ0n) is 17.0. The van der Waals surface area contributed by atoms with Gasteiger partial charge in [-0.1, -0.05) is 0 Å². The van der Waals surface area contributed by atoms with Crippen LogP contribution in [0.4, 0.5) is 5.69 Å². The third kappa shape index (κ3) is 4.63. The van der Waals surface area contributed by atoms with E-state index in [0.29, 0.717) is 11.4 Å². The summed E-state index contributed by atoms with van der Waals surface area (Å²) in [5, 5.41) is 13.7. The summed E-state index contributed by atoms with van der Waals surface area (Å²) >= 11 is 0. The number of hydrogen-bond acceptors (Lipinski definition) is 7. The summed E-state index contributed by atoms with van der Waals surface area (Å²) in [6.07, 6.45) is 1.47. The minimum atomic E-state index is -3.62. The lowest BCUT2D eigenvalue weighted by Crippen LogP contribution is -2.24. The van der Waals surface area contributed by atoms with Crippen molar-refractivity contribution in [1.82, 2.24) is 24.5 Å². The molecule has 1 heterocycles. The van der Waals surface area contributed by atoms with Crippen LogP contribution in [0.5, 0.6) is 5.75 Å². The largest absolute Gasteiger partial charge is 0.484 e. The van der Waals surface area contributed by atoms with Crippen LogP contribution in [-0.2, 0) is 14.8 Å². The molecule has 3 rings (SSSR count). The van der Waals surface area contributed by atoms with Crippen molar-refractivity contribution in [2.75, 3.05) is 26.0 Å². The van der Waals surface area contributed by atoms with Crippen molar-refractivity contribution in [1.29, 1.82) is 0 Å². The van der Waals surface area contributed by atoms with E-state index in [9.17, 15) is 13.2 Å². The molecule has 3 aromatic rings. The van der Waals surface area contributed by atoms with Crippen molar-refractivity contribution in [2.24, 2.45) is 0 Å². The number of ether oxygens (including phenoxy) is 1. The lowest BCUT2D eigenvalue weighted by Gasteiger charge is -2.16. The number of rotatable bonds is 7. The molecule has 10 nitrogen and oxygen atoms in total. The lowest BCUT2D eigenvalue weighted by atomic mass is 10.1. The SMILES string of the molecule is Cc1cc(S(=O)(=O)N(C)C)cc(NC(=O)COc2ccc(-n3cnnn3)cc2)c1C. The maximum atomic E-state index is 12.4. The number of tetrazole rings is 1. The van der Waals surface area contributed by atoms with Gasteiger partial charge in [0.25, 0.3) is 5.91 Å². The maximum absolute atomic E-state index is 12.4. The van der Waals surface area contributed by atoms with Crippen molar-refractivity contribution < 1.29 is 17.9 Å². The first kappa shape index (κ1) is 21.4. The second-order valence-corrected chi connectivity index (χ2v) is 8.94. The molecule has 1 N–H and O–H groups in total. The van der Waals surface area contributed by atoms with Crippen molar-refractivity contribution in [3.8, 4) is 11.4 Å². The molecule has 0 spiro atoms. The molecule has 0 aliphatic heterocycles. The third-order valence-electron chi connectivity index (χ3n) is 4.51. The zero-order chi connectivity index (χ0) is 21.9. The Kier molecular flexibility index (Phi) is 6.13. The summed E-state index contributed by atoms with van der Waals surface area (Å²) in [5.41, 5.74) is 2.72. The quantitative estimate of drug-likeness (QED) is 0.604. The number of anilines is 1. The molecular formula is C19H22N6O4S. The first-order valence-corrected chi connectivity index (χ1v) is 10.4. The molecule has 0 bridgehead atoms. The third-order valence-corrected chi connectivity index (χ3v) is 6.31. The minimum Gasteiger partial charge on any atom is -0.484 e. The Morgan fingerprint density at radius 1 is 1.17 bits per heavy atom. The van der Waals surface area contributed by atoms with Gasteiger partial charge >= 0.3 is 0 Å². The highest BCUT2D eigenvalue weighted by Crippen LogP contribution is 2.25. The molecule has 0 aliphatic carbocycles. The molecule has 0 unspecified atom stereocenters. The predicted octanol–water partition coefficient (Wildman–Crippen LogP) is 1.55. The number of aryl methyl sites for hydroxylation is 1. The Bertz CT molecular complexity index is 1140. The fourth-order valence-corrected chi connectivity index (χ4v) is 3.64. The van der Waals surface area contributed by atoms with Gasteiger partial charge in [-0.3, -0.25) is 4.79 Å². The summed E-state index contributed by atoms with van der Waals surface area (Å²) in [6, 6.07) is 9.95. The number of carbonyl (C=O) groups is 1. The van der Waals surface area contributed by atoms with E-state index in [4.69, 9.17) is 4.74 Å². The first-order valence-electron chi connectivity index (χ1n) is 8.98. The molecule has 11 heteroatoms. The zero-order valence-corrected chi connectivity index (χ0v) is 17.8. The van der Waals surface area contributed by atoms with Gasteiger partial charge in [0.15, 0.2) is 6.61 Å². The normalized spacial score (nSPS) is 11.5. The number of hydrogen-bond donors (Lipinski definition) is 1. The van der Waals surface area contributed by atoms with E-state index < -0.39 is 15.9 Å². The van der Waals surface area contributed by atoms with E-state index in [1.165, 1.54) is 31.2 Å². The number of aromatic nitrogens is 4. The molecule has 0 radical (unpaired) electrons. The van der Waals surface area contributed by atoms with Gasteiger partial charge in [-0.05, 0) is 71.8 Å². The predicted molar refractivity (Wildman–Crippen MR) is 110 cm³/mol. The van der Waals surface area contributed by atoms with Gasteiger partial charge in [0, 0.05) is 19.8 Å². The highest BCUT2D eigenvalue weighted by Gasteiger charge is 2.20. The lowest BCUT2D eigenvalue weighted by molar-refractivity contribution is -0.118. The van der Waals surface area contributed by atoms with Crippen molar-refractivity contribution in [3.63, 3.8) is 0 Å². The second-order valence-electron chi connectivity index (χ2n) is 6.79. The van der Waals surface area contributed by atoms with Crippen molar-refractivity contribution >= 4 is 21.6 Å². The van der Waals surface area contributed by atoms with Gasteiger partial charge in [-0.15, -0.1) is 5.10 Å². The summed E-state index contributed by atoms with van der Waals surface area (Å²) in [5.74, 6) is 0.0975. The molecule has 0 saturated heterocycles. The summed E-state index contributed by atoms with van der Waals surface area (Å²) in [7, 11) is -0.698. The van der Waals surface area contributed by atoms with Crippen LogP contribution < -0.4 is 10.1 Å². The Balaban J connectivity index is 1.68. The molecule has 0 fully saturated rings. The fraction of sp³-hybridized carbons (Fsp3) is 0.263. The molecule has 1 aromatic heterocycles. The Labute approximate surface area is 174 Å². The molecule has 0 aliphatic rings. The van der Waals surface area contributed by atoms with Gasteiger partial charge < -0.3 is 10.1 Å². The van der Waals surface area contributed by atoms with E-state index in [2.05, 4.69) is 20.8 Å². The standard InChI is InChI=1S/C19H22N6O4S/c1-13-9-17(30(27,28)24(3)4)10-18(14(13)2)21-19(26)11-29-16-7-5-15(6-8-16)25-12-20-22-23-25/h5-10,12H,11H2,1-4H3,(H,21,26). The number of benzene rings is 2. The Morgan fingerprint density at radius 2 is 1.87 bits per heavy atom. The number of nitrogens with one attached hydrogen (secondary N) is 1. The molecule has 0 saturated carbocycles. The van der Waals surface area contributed by atoms with Crippen molar-refractivity contribution in [2.45, 2.75) is 18.7 Å². The number of sulfonamides is 1. The van der Waals surface area contributed by atoms with Crippen LogP contribution in [0.2, 0.25) is 0 Å². The van der Waals surface area contributed by atoms with E-state index >= 15 is 0 Å². The molecule has 0 atom stereocenters. The van der Waals surface area contributed by atoms with E-state index in [1.54, 1.807) is 37.3 Å². The summed E-state index contributed by atoms with van der Waals surface area (Å²) < 4.78 is 33.0. The van der Waals surface area contributed by atoms with Crippen LogP contribution >= 0.6 is 0 Å². The van der Waals surface area contributed by atoms with Crippen LogP contribution in [0, 0.1) is 13.8 Å². The molecule has 30 heavy (non-hydrogen) atoms. The molecule has 2 aromatic carbocycles. The highest BCUT2D eigenvalue weighted by molar-refractivity contribution is 7.89. The topological polar surface area (TPSA) is 119 Å². The smallest absolute Gasteiger partial charge is 0.262 e. The summed E-state index contributed by atoms with van der Waals surface area (Å²) in [4.78, 5) is 12.5. The van der Waals surface area contributed by atoms with Crippen LogP contribution in [-0.4, -0.2) is 59.5 Å². The van der Waals surface area contributed by atoms with Gasteiger partial charge in [0.2, 0.25) is 10.0 Å². The van der Waals surface area contributed by atoms with Crippen LogP contribution in [0.25, 0.3) is 5.69 Å². The van der Waals surface area contributed by atoms with Crippen molar-refractivity contribution in [3.05, 3.63) is 53.9 Å². The van der Waals surface area contributed by atoms with Crippen LogP contribution in [0.15, 0.2) is 47.6 Å². The van der Waals surface area contributed by atoms with Gasteiger partial charge in [-0.2, -0.15) is 0 Å². The Morgan fingerprint density at radius 3 is 2.47 bits per heavy atom. The molecular weight excluding hydrogens is 408 g/mol. The average Bonchev–Trinajstić information content (AvgIpc) is 3.24. The minimum absolute atomic E-state index is 0.116. The first-order chi connectivity index (χ1) is 14.2. The highest BCUT2D eigenvalue weighted by atomic mass is 32.2. The number of amides is 1. The van der Waals surface area contributed by atoms with Gasteiger partial charge in [-0.25, -0.2) is 17.4 Å². The number of carbonyl (C=O) groups excluding carboxylic acids is 1. The average molecular weight is 430 g/mol. The monoisotopic (exact) mass is 430 g/mol. The maximum Gasteiger partial charge on any atom is 0.262 e. The Hall–Kier alpha value is -3.31. The second kappa shape index (κ2) is 8.59. The molecule has 1 amide bonds. The van der Waals surface area contributed by atoms with Gasteiger partial charge in [0.1, 0.15) is 12.1 Å². The fourth-order valence-electron chi connectivity index (χ4n) is 2.63. The molecule has 158 valence electrons. The van der Waals surface area contributed by atoms with E-state index in [0.717, 1.165) is 21.1 Å².